The molecule has 0 saturated carbocycles. The van der Waals surface area contributed by atoms with Gasteiger partial charge in [-0.05, 0) is 61.0 Å². The number of tetrazole rings is 1. The molecule has 0 N–H and O–H groups in total. The molecule has 1 aromatic heterocycles. The van der Waals surface area contributed by atoms with Crippen LogP contribution < -0.4 is 4.74 Å². The van der Waals surface area contributed by atoms with Gasteiger partial charge in [0.05, 0.1) is 18.7 Å². The van der Waals surface area contributed by atoms with Crippen molar-refractivity contribution in [2.45, 2.75) is 45.8 Å². The van der Waals surface area contributed by atoms with Gasteiger partial charge in [0, 0.05) is 6.54 Å². The van der Waals surface area contributed by atoms with Crippen LogP contribution in [-0.4, -0.2) is 38.8 Å². The molecule has 148 valence electrons. The van der Waals surface area contributed by atoms with Crippen LogP contribution in [0.2, 0.25) is 0 Å². The van der Waals surface area contributed by atoms with E-state index >= 15 is 0 Å². The number of hydrogen-bond donors (Lipinski definition) is 0. The molecule has 0 aliphatic rings. The zero-order chi connectivity index (χ0) is 20.1. The van der Waals surface area contributed by atoms with E-state index in [1.54, 1.807) is 7.11 Å². The van der Waals surface area contributed by atoms with Crippen LogP contribution in [0.1, 0.15) is 50.7 Å². The summed E-state index contributed by atoms with van der Waals surface area (Å²) < 4.78 is 7.27. The molecule has 6 nitrogen and oxygen atoms in total. The van der Waals surface area contributed by atoms with Crippen molar-refractivity contribution in [1.29, 1.82) is 0 Å². The van der Waals surface area contributed by atoms with Crippen LogP contribution in [0.5, 0.6) is 5.75 Å². The first-order chi connectivity index (χ1) is 13.4. The molecule has 0 aliphatic heterocycles. The van der Waals surface area contributed by atoms with E-state index in [0.29, 0.717) is 0 Å². The summed E-state index contributed by atoms with van der Waals surface area (Å²) in [6.45, 7) is 10.2. The van der Waals surface area contributed by atoms with E-state index < -0.39 is 0 Å². The highest BCUT2D eigenvalue weighted by Gasteiger charge is 2.30. The minimum absolute atomic E-state index is 0.0645. The maximum atomic E-state index is 5.34. The highest BCUT2D eigenvalue weighted by Crippen LogP contribution is 2.31. The van der Waals surface area contributed by atoms with Crippen molar-refractivity contribution < 1.29 is 4.74 Å². The third-order valence-electron chi connectivity index (χ3n) is 4.80. The molecule has 0 bridgehead atoms. The number of hydrogen-bond acceptors (Lipinski definition) is 5. The van der Waals surface area contributed by atoms with Crippen molar-refractivity contribution in [3.63, 3.8) is 0 Å². The molecule has 0 saturated heterocycles. The predicted octanol–water partition coefficient (Wildman–Crippen LogP) is 4.05. The summed E-state index contributed by atoms with van der Waals surface area (Å²) in [5.74, 6) is 1.68. The molecule has 0 spiro atoms. The first-order valence-electron chi connectivity index (χ1n) is 9.64. The van der Waals surface area contributed by atoms with E-state index in [9.17, 15) is 0 Å². The number of nitrogens with zero attached hydrogens (tertiary/aromatic N) is 5. The number of ether oxygens (including phenoxy) is 1. The lowest BCUT2D eigenvalue weighted by molar-refractivity contribution is 0.203. The van der Waals surface area contributed by atoms with Gasteiger partial charge >= 0.3 is 0 Å². The van der Waals surface area contributed by atoms with Crippen molar-refractivity contribution in [1.82, 2.24) is 25.1 Å². The molecule has 0 amide bonds. The quantitative estimate of drug-likeness (QED) is 0.620. The second-order valence-electron chi connectivity index (χ2n) is 7.84. The zero-order valence-corrected chi connectivity index (χ0v) is 17.3. The van der Waals surface area contributed by atoms with Gasteiger partial charge in [0.2, 0.25) is 0 Å². The van der Waals surface area contributed by atoms with Crippen molar-refractivity contribution >= 4 is 0 Å². The maximum Gasteiger partial charge on any atom is 0.173 e. The molecule has 0 fully saturated rings. The Balaban J connectivity index is 2.06. The smallest absolute Gasteiger partial charge is 0.173 e. The fourth-order valence-corrected chi connectivity index (χ4v) is 3.36. The Morgan fingerprint density at radius 1 is 1.04 bits per heavy atom. The molecule has 3 aromatic rings. The summed E-state index contributed by atoms with van der Waals surface area (Å²) >= 11 is 0. The number of benzene rings is 2. The third-order valence-corrected chi connectivity index (χ3v) is 4.80. The minimum Gasteiger partial charge on any atom is -0.497 e. The summed E-state index contributed by atoms with van der Waals surface area (Å²) in [6, 6.07) is 18.6. The summed E-state index contributed by atoms with van der Waals surface area (Å²) in [7, 11) is 1.68. The van der Waals surface area contributed by atoms with Crippen LogP contribution in [0.15, 0.2) is 54.6 Å². The standard InChI is InChI=1S/C22H29N5O/c1-6-26(16-17-10-8-7-9-11-17)20(18-12-14-19(28-5)15-13-18)21-23-24-25-27(21)22(2,3)4/h7-15,20H,6,16H2,1-5H3. The fraction of sp³-hybridized carbons (Fsp3) is 0.409. The molecule has 3 rings (SSSR count). The van der Waals surface area contributed by atoms with Gasteiger partial charge in [-0.2, -0.15) is 0 Å². The van der Waals surface area contributed by atoms with Gasteiger partial charge in [-0.25, -0.2) is 4.68 Å². The average Bonchev–Trinajstić information content (AvgIpc) is 3.18. The first-order valence-corrected chi connectivity index (χ1v) is 9.64. The van der Waals surface area contributed by atoms with Crippen LogP contribution in [0.4, 0.5) is 0 Å². The van der Waals surface area contributed by atoms with Crippen molar-refractivity contribution in [2.75, 3.05) is 13.7 Å². The summed E-state index contributed by atoms with van der Waals surface area (Å²) in [5.41, 5.74) is 2.19. The SMILES string of the molecule is CCN(Cc1ccccc1)C(c1ccc(OC)cc1)c1nnnn1C(C)(C)C. The summed E-state index contributed by atoms with van der Waals surface area (Å²) in [5, 5.41) is 12.7. The normalized spacial score (nSPS) is 12.9. The van der Waals surface area contributed by atoms with E-state index in [0.717, 1.165) is 30.2 Å². The zero-order valence-electron chi connectivity index (χ0n) is 17.3. The third kappa shape index (κ3) is 4.39. The van der Waals surface area contributed by atoms with Gasteiger partial charge in [0.1, 0.15) is 5.75 Å². The number of aromatic nitrogens is 4. The van der Waals surface area contributed by atoms with Crippen molar-refractivity contribution in [2.24, 2.45) is 0 Å². The highest BCUT2D eigenvalue weighted by atomic mass is 16.5. The molecule has 1 atom stereocenters. The monoisotopic (exact) mass is 379 g/mol. The van der Waals surface area contributed by atoms with Crippen LogP contribution in [0.25, 0.3) is 0 Å². The lowest BCUT2D eigenvalue weighted by Crippen LogP contribution is -2.35. The van der Waals surface area contributed by atoms with Gasteiger partial charge in [-0.15, -0.1) is 5.10 Å². The molecular weight excluding hydrogens is 350 g/mol. The Kier molecular flexibility index (Phi) is 6.09. The lowest BCUT2D eigenvalue weighted by atomic mass is 10.0. The molecular formula is C22H29N5O. The lowest BCUT2D eigenvalue weighted by Gasteiger charge is -2.32. The minimum atomic E-state index is -0.213. The Morgan fingerprint density at radius 2 is 1.71 bits per heavy atom. The number of rotatable bonds is 7. The van der Waals surface area contributed by atoms with Crippen LogP contribution in [-0.2, 0) is 12.1 Å². The second-order valence-corrected chi connectivity index (χ2v) is 7.84. The van der Waals surface area contributed by atoms with Crippen LogP contribution in [0.3, 0.4) is 0 Å². The summed E-state index contributed by atoms with van der Waals surface area (Å²) in [6.07, 6.45) is 0. The Morgan fingerprint density at radius 3 is 2.29 bits per heavy atom. The Bertz CT molecular complexity index is 868. The van der Waals surface area contributed by atoms with E-state index in [4.69, 9.17) is 4.74 Å². The van der Waals surface area contributed by atoms with E-state index in [-0.39, 0.29) is 11.6 Å². The highest BCUT2D eigenvalue weighted by molar-refractivity contribution is 5.32. The maximum absolute atomic E-state index is 5.34. The molecule has 6 heteroatoms. The second kappa shape index (κ2) is 8.52. The number of methoxy groups -OCH3 is 1. The molecule has 28 heavy (non-hydrogen) atoms. The molecule has 0 aliphatic carbocycles. The predicted molar refractivity (Wildman–Crippen MR) is 110 cm³/mol. The average molecular weight is 380 g/mol. The van der Waals surface area contributed by atoms with Gasteiger partial charge in [0.25, 0.3) is 0 Å². The Hall–Kier alpha value is -2.73. The van der Waals surface area contributed by atoms with Crippen LogP contribution >= 0.6 is 0 Å². The van der Waals surface area contributed by atoms with E-state index in [2.05, 4.69) is 84.5 Å². The molecule has 1 unspecified atom stereocenters. The van der Waals surface area contributed by atoms with Gasteiger partial charge in [-0.1, -0.05) is 49.4 Å². The molecule has 1 heterocycles. The van der Waals surface area contributed by atoms with Gasteiger partial charge in [-0.3, -0.25) is 4.90 Å². The van der Waals surface area contributed by atoms with Crippen LogP contribution in [0, 0.1) is 0 Å². The van der Waals surface area contributed by atoms with Crippen molar-refractivity contribution in [3.05, 3.63) is 71.5 Å². The van der Waals surface area contributed by atoms with Gasteiger partial charge in [0.15, 0.2) is 5.82 Å². The van der Waals surface area contributed by atoms with E-state index in [1.165, 1.54) is 5.56 Å². The van der Waals surface area contributed by atoms with Gasteiger partial charge < -0.3 is 4.74 Å². The van der Waals surface area contributed by atoms with E-state index in [1.807, 2.05) is 22.9 Å². The fourth-order valence-electron chi connectivity index (χ4n) is 3.36. The Labute approximate surface area is 167 Å². The first kappa shape index (κ1) is 20.0. The largest absolute Gasteiger partial charge is 0.497 e. The molecule has 0 radical (unpaired) electrons. The summed E-state index contributed by atoms with van der Waals surface area (Å²) in [4.78, 5) is 2.39. The van der Waals surface area contributed by atoms with Crippen molar-refractivity contribution in [3.8, 4) is 5.75 Å². The topological polar surface area (TPSA) is 56.1 Å². The molecule has 2 aromatic carbocycles.